The molecule has 0 unspecified atom stereocenters. The van der Waals surface area contributed by atoms with Crippen LogP contribution in [-0.2, 0) is 12.6 Å². The van der Waals surface area contributed by atoms with E-state index in [0.29, 0.717) is 40.0 Å². The lowest BCUT2D eigenvalue weighted by molar-refractivity contribution is -0.137. The highest BCUT2D eigenvalue weighted by atomic mass is 19.4. The van der Waals surface area contributed by atoms with Gasteiger partial charge in [-0.05, 0) is 48.0 Å². The molecule has 31 heavy (non-hydrogen) atoms. The molecule has 0 aliphatic carbocycles. The number of alkyl halides is 3. The smallest absolute Gasteiger partial charge is 0.416 e. The van der Waals surface area contributed by atoms with Crippen LogP contribution in [0.2, 0.25) is 0 Å². The Labute approximate surface area is 175 Å². The number of aromatic hydroxyl groups is 1. The Kier molecular flexibility index (Phi) is 5.42. The molecule has 0 aliphatic heterocycles. The summed E-state index contributed by atoms with van der Waals surface area (Å²) < 4.78 is 50.0. The van der Waals surface area contributed by atoms with E-state index in [1.165, 1.54) is 24.3 Å². The van der Waals surface area contributed by atoms with Gasteiger partial charge in [-0.25, -0.2) is 0 Å². The van der Waals surface area contributed by atoms with Crippen molar-refractivity contribution in [2.75, 3.05) is 6.61 Å². The molecule has 0 fully saturated rings. The number of hydrogen-bond acceptors (Lipinski definition) is 4. The van der Waals surface area contributed by atoms with Crippen molar-refractivity contribution in [3.63, 3.8) is 0 Å². The van der Waals surface area contributed by atoms with Crippen molar-refractivity contribution in [2.45, 2.75) is 12.6 Å². The summed E-state index contributed by atoms with van der Waals surface area (Å²) in [5.41, 5.74) is 0.552. The zero-order chi connectivity index (χ0) is 22.0. The molecule has 0 radical (unpaired) electrons. The highest BCUT2D eigenvalue weighted by molar-refractivity contribution is 5.80. The van der Waals surface area contributed by atoms with Crippen LogP contribution in [0.5, 0.6) is 11.5 Å². The molecule has 0 amide bonds. The number of hydrogen-bond donors (Lipinski definition) is 1. The first-order valence-corrected chi connectivity index (χ1v) is 9.46. The van der Waals surface area contributed by atoms with Gasteiger partial charge in [-0.3, -0.25) is 4.79 Å². The van der Waals surface area contributed by atoms with Crippen molar-refractivity contribution >= 4 is 11.0 Å². The van der Waals surface area contributed by atoms with Crippen molar-refractivity contribution in [1.29, 1.82) is 0 Å². The molecule has 0 bridgehead atoms. The molecule has 0 saturated heterocycles. The molecule has 0 aliphatic rings. The van der Waals surface area contributed by atoms with Gasteiger partial charge in [0.05, 0.1) is 17.6 Å². The molecule has 158 valence electrons. The topological polar surface area (TPSA) is 59.7 Å². The number of rotatable bonds is 5. The number of halogens is 3. The molecule has 1 heterocycles. The Hall–Kier alpha value is -3.74. The third-order valence-electron chi connectivity index (χ3n) is 4.77. The van der Waals surface area contributed by atoms with Gasteiger partial charge in [0.15, 0.2) is 5.43 Å². The Morgan fingerprint density at radius 2 is 1.71 bits per heavy atom. The minimum absolute atomic E-state index is 0.100. The number of phenolic OH excluding ortho intramolecular Hbond substituents is 1. The van der Waals surface area contributed by atoms with Crippen molar-refractivity contribution in [2.24, 2.45) is 0 Å². The normalized spacial score (nSPS) is 11.6. The minimum Gasteiger partial charge on any atom is -0.508 e. The van der Waals surface area contributed by atoms with Gasteiger partial charge in [0, 0.05) is 24.1 Å². The summed E-state index contributed by atoms with van der Waals surface area (Å²) in [6.07, 6.45) is -4.10. The van der Waals surface area contributed by atoms with E-state index in [2.05, 4.69) is 0 Å². The largest absolute Gasteiger partial charge is 0.508 e. The fourth-order valence-electron chi connectivity index (χ4n) is 3.18. The second-order valence-corrected chi connectivity index (χ2v) is 6.98. The number of fused-ring (bicyclic) bond motifs is 1. The van der Waals surface area contributed by atoms with Crippen LogP contribution in [0, 0.1) is 0 Å². The van der Waals surface area contributed by atoms with Crippen LogP contribution in [0.1, 0.15) is 11.1 Å². The fraction of sp³-hybridized carbons (Fsp3) is 0.125. The van der Waals surface area contributed by atoms with Crippen molar-refractivity contribution in [3.8, 4) is 22.8 Å². The molecule has 7 heteroatoms. The lowest BCUT2D eigenvalue weighted by Gasteiger charge is -2.10. The van der Waals surface area contributed by atoms with Crippen LogP contribution in [0.25, 0.3) is 22.3 Å². The zero-order valence-electron chi connectivity index (χ0n) is 16.1. The van der Waals surface area contributed by atoms with E-state index in [1.54, 1.807) is 36.4 Å². The van der Waals surface area contributed by atoms with Crippen LogP contribution in [-0.4, -0.2) is 11.7 Å². The Morgan fingerprint density at radius 3 is 2.45 bits per heavy atom. The third-order valence-corrected chi connectivity index (χ3v) is 4.77. The Balaban J connectivity index is 1.52. The second-order valence-electron chi connectivity index (χ2n) is 6.98. The minimum atomic E-state index is -4.39. The lowest BCUT2D eigenvalue weighted by atomic mass is 10.1. The second kappa shape index (κ2) is 8.18. The van der Waals surface area contributed by atoms with Crippen LogP contribution in [0.3, 0.4) is 0 Å². The van der Waals surface area contributed by atoms with Crippen molar-refractivity contribution in [1.82, 2.24) is 0 Å². The monoisotopic (exact) mass is 426 g/mol. The summed E-state index contributed by atoms with van der Waals surface area (Å²) in [7, 11) is 0. The molecule has 0 spiro atoms. The Morgan fingerprint density at radius 1 is 0.935 bits per heavy atom. The van der Waals surface area contributed by atoms with E-state index in [0.717, 1.165) is 12.1 Å². The van der Waals surface area contributed by atoms with Gasteiger partial charge < -0.3 is 14.3 Å². The summed E-state index contributed by atoms with van der Waals surface area (Å²) in [5, 5.41) is 9.80. The average Bonchev–Trinajstić information content (AvgIpc) is 2.73. The maximum absolute atomic E-state index is 12.8. The van der Waals surface area contributed by atoms with E-state index in [4.69, 9.17) is 9.15 Å². The number of phenols is 1. The molecule has 4 rings (SSSR count). The maximum Gasteiger partial charge on any atom is 0.416 e. The third kappa shape index (κ3) is 4.71. The van der Waals surface area contributed by atoms with Gasteiger partial charge in [0.25, 0.3) is 0 Å². The standard InChI is InChI=1S/C24H17F3O4/c25-24(26,27)17-3-1-2-15(12-17)10-11-30-19-8-9-20-21(29)14-22(31-23(20)13-19)16-4-6-18(28)7-5-16/h1-9,12-14,28H,10-11H2. The van der Waals surface area contributed by atoms with Gasteiger partial charge in [0.2, 0.25) is 0 Å². The van der Waals surface area contributed by atoms with E-state index in [9.17, 15) is 23.1 Å². The molecular formula is C24H17F3O4. The SMILES string of the molecule is O=c1cc(-c2ccc(O)cc2)oc2cc(OCCc3cccc(C(F)(F)F)c3)ccc12. The molecule has 1 aromatic heterocycles. The molecule has 0 atom stereocenters. The first kappa shape index (κ1) is 20.5. The number of ether oxygens (including phenoxy) is 1. The fourth-order valence-corrected chi connectivity index (χ4v) is 3.18. The Bertz CT molecular complexity index is 1270. The van der Waals surface area contributed by atoms with E-state index >= 15 is 0 Å². The van der Waals surface area contributed by atoms with Crippen LogP contribution < -0.4 is 10.2 Å². The van der Waals surface area contributed by atoms with Crippen LogP contribution in [0.4, 0.5) is 13.2 Å². The van der Waals surface area contributed by atoms with Crippen molar-refractivity contribution < 1.29 is 27.4 Å². The summed E-state index contributed by atoms with van der Waals surface area (Å²) in [5.74, 6) is 0.882. The van der Waals surface area contributed by atoms with Gasteiger partial charge in [-0.2, -0.15) is 13.2 Å². The van der Waals surface area contributed by atoms with E-state index in [1.807, 2.05) is 0 Å². The molecule has 4 nitrogen and oxygen atoms in total. The van der Waals surface area contributed by atoms with Gasteiger partial charge >= 0.3 is 6.18 Å². The molecule has 4 aromatic rings. The molecule has 1 N–H and O–H groups in total. The highest BCUT2D eigenvalue weighted by Crippen LogP contribution is 2.30. The van der Waals surface area contributed by atoms with Crippen LogP contribution in [0.15, 0.2) is 82.0 Å². The van der Waals surface area contributed by atoms with E-state index in [-0.39, 0.29) is 17.8 Å². The molecule has 0 saturated carbocycles. The summed E-state index contributed by atoms with van der Waals surface area (Å²) >= 11 is 0. The van der Waals surface area contributed by atoms with Gasteiger partial charge in [-0.15, -0.1) is 0 Å². The average molecular weight is 426 g/mol. The first-order valence-electron chi connectivity index (χ1n) is 9.46. The predicted molar refractivity (Wildman–Crippen MR) is 110 cm³/mol. The highest BCUT2D eigenvalue weighted by Gasteiger charge is 2.30. The number of benzene rings is 3. The maximum atomic E-state index is 12.8. The predicted octanol–water partition coefficient (Wildman–Crippen LogP) is 5.81. The summed E-state index contributed by atoms with van der Waals surface area (Å²) in [6.45, 7) is 0.161. The zero-order valence-corrected chi connectivity index (χ0v) is 16.1. The summed E-state index contributed by atoms with van der Waals surface area (Å²) in [4.78, 5) is 12.4. The van der Waals surface area contributed by atoms with Gasteiger partial charge in [0.1, 0.15) is 22.8 Å². The molecular weight excluding hydrogens is 409 g/mol. The summed E-state index contributed by atoms with van der Waals surface area (Å²) in [6, 6.07) is 17.5. The molecule has 3 aromatic carbocycles. The van der Waals surface area contributed by atoms with Gasteiger partial charge in [-0.1, -0.05) is 18.2 Å². The first-order chi connectivity index (χ1) is 14.8. The lowest BCUT2D eigenvalue weighted by Crippen LogP contribution is -2.07. The quantitative estimate of drug-likeness (QED) is 0.438. The van der Waals surface area contributed by atoms with Crippen molar-refractivity contribution in [3.05, 3.63) is 94.1 Å². The van der Waals surface area contributed by atoms with E-state index < -0.39 is 11.7 Å². The van der Waals surface area contributed by atoms with Crippen LogP contribution >= 0.6 is 0 Å².